The van der Waals surface area contributed by atoms with Crippen molar-refractivity contribution in [3.8, 4) is 0 Å². The standard InChI is InChI=1S/C22H27FN4O2/c1-5-27(6-2)10-9-24-22(29)20-13(3)19(25-14(20)4)12-17-16-11-15(23)7-8-18(16)26-21(17)28/h7-8,11-12,25H,5-6,9-10H2,1-4H3,(H,24,29)(H,26,28)/b17-12+/i9D2,10D2. The third-order valence-electron chi connectivity index (χ3n) is 4.91. The highest BCUT2D eigenvalue weighted by Crippen LogP contribution is 2.34. The molecule has 0 saturated heterocycles. The minimum Gasteiger partial charge on any atom is -0.358 e. The van der Waals surface area contributed by atoms with Gasteiger partial charge in [-0.1, -0.05) is 13.8 Å². The number of likely N-dealkylation sites (N-methyl/N-ethyl adjacent to an activating group) is 1. The molecule has 1 aromatic heterocycles. The van der Waals surface area contributed by atoms with E-state index in [1.54, 1.807) is 27.7 Å². The Morgan fingerprint density at radius 2 is 2.03 bits per heavy atom. The van der Waals surface area contributed by atoms with E-state index in [4.69, 9.17) is 5.48 Å². The molecule has 2 amide bonds. The number of hydrogen-bond donors (Lipinski definition) is 3. The smallest absolute Gasteiger partial charge is 0.256 e. The van der Waals surface area contributed by atoms with E-state index in [0.717, 1.165) is 0 Å². The number of aromatic amines is 1. The van der Waals surface area contributed by atoms with Crippen molar-refractivity contribution in [3.63, 3.8) is 0 Å². The number of nitrogens with zero attached hydrogens (tertiary/aromatic N) is 1. The molecule has 2 heterocycles. The average molecular weight is 403 g/mol. The number of nitrogens with one attached hydrogen (secondary N) is 3. The Labute approximate surface area is 175 Å². The van der Waals surface area contributed by atoms with Gasteiger partial charge in [-0.25, -0.2) is 4.39 Å². The number of amides is 2. The first kappa shape index (κ1) is 15.9. The zero-order valence-electron chi connectivity index (χ0n) is 20.9. The van der Waals surface area contributed by atoms with Gasteiger partial charge in [0, 0.05) is 38.4 Å². The van der Waals surface area contributed by atoms with Crippen LogP contribution >= 0.6 is 0 Å². The SMILES string of the molecule is [2H]C([2H])(NC(=O)c1c(C)[nH]c(/C=C2/C(=O)Nc3ccc(F)cc32)c1C)C([2H])([2H])N(CC)CC. The molecule has 0 atom stereocenters. The van der Waals surface area contributed by atoms with Crippen molar-refractivity contribution in [1.82, 2.24) is 15.2 Å². The van der Waals surface area contributed by atoms with Crippen molar-refractivity contribution < 1.29 is 19.5 Å². The second-order valence-electron chi connectivity index (χ2n) is 6.73. The van der Waals surface area contributed by atoms with Crippen LogP contribution < -0.4 is 10.6 Å². The summed E-state index contributed by atoms with van der Waals surface area (Å²) < 4.78 is 46.6. The monoisotopic (exact) mass is 402 g/mol. The van der Waals surface area contributed by atoms with Crippen LogP contribution in [0.4, 0.5) is 10.1 Å². The van der Waals surface area contributed by atoms with Crippen molar-refractivity contribution in [3.05, 3.63) is 52.1 Å². The summed E-state index contributed by atoms with van der Waals surface area (Å²) >= 11 is 0. The van der Waals surface area contributed by atoms with Crippen molar-refractivity contribution in [2.75, 3.05) is 31.4 Å². The van der Waals surface area contributed by atoms with Gasteiger partial charge < -0.3 is 20.5 Å². The summed E-state index contributed by atoms with van der Waals surface area (Å²) in [6.07, 6.45) is 1.52. The first-order valence-electron chi connectivity index (χ1n) is 11.4. The average Bonchev–Trinajstić information content (AvgIpc) is 3.17. The predicted molar refractivity (Wildman–Crippen MR) is 113 cm³/mol. The van der Waals surface area contributed by atoms with Crippen LogP contribution in [0.2, 0.25) is 0 Å². The van der Waals surface area contributed by atoms with E-state index in [-0.39, 0.29) is 24.2 Å². The van der Waals surface area contributed by atoms with Gasteiger partial charge in [0.1, 0.15) is 5.82 Å². The lowest BCUT2D eigenvalue weighted by molar-refractivity contribution is -0.110. The third kappa shape index (κ3) is 4.24. The van der Waals surface area contributed by atoms with Gasteiger partial charge in [-0.3, -0.25) is 9.59 Å². The quantitative estimate of drug-likeness (QED) is 0.622. The number of hydrogen-bond acceptors (Lipinski definition) is 3. The molecule has 0 unspecified atom stereocenters. The minimum absolute atomic E-state index is 0.152. The lowest BCUT2D eigenvalue weighted by Crippen LogP contribution is -2.35. The number of carbonyl (C=O) groups excluding carboxylic acids is 2. The molecule has 7 heteroatoms. The molecule has 0 saturated carbocycles. The number of carbonyl (C=O) groups is 2. The Hall–Kier alpha value is -2.93. The van der Waals surface area contributed by atoms with Crippen molar-refractivity contribution in [1.29, 1.82) is 0 Å². The van der Waals surface area contributed by atoms with Gasteiger partial charge in [-0.2, -0.15) is 0 Å². The Kier molecular flexibility index (Phi) is 4.73. The summed E-state index contributed by atoms with van der Waals surface area (Å²) in [6.45, 7) is 2.11. The molecule has 0 radical (unpaired) electrons. The second kappa shape index (κ2) is 8.61. The van der Waals surface area contributed by atoms with E-state index in [9.17, 15) is 14.0 Å². The van der Waals surface area contributed by atoms with Crippen LogP contribution in [0.5, 0.6) is 0 Å². The normalized spacial score (nSPS) is 17.4. The molecule has 29 heavy (non-hydrogen) atoms. The van der Waals surface area contributed by atoms with Gasteiger partial charge in [-0.05, 0) is 56.8 Å². The first-order valence-corrected chi connectivity index (χ1v) is 9.43. The number of halogens is 1. The highest BCUT2D eigenvalue weighted by molar-refractivity contribution is 6.34. The lowest BCUT2D eigenvalue weighted by Gasteiger charge is -2.18. The van der Waals surface area contributed by atoms with Crippen LogP contribution in [-0.4, -0.2) is 47.8 Å². The van der Waals surface area contributed by atoms with Gasteiger partial charge in [0.15, 0.2) is 0 Å². The molecule has 1 aliphatic heterocycles. The van der Waals surface area contributed by atoms with E-state index in [1.807, 2.05) is 0 Å². The summed E-state index contributed by atoms with van der Waals surface area (Å²) in [7, 11) is 0. The predicted octanol–water partition coefficient (Wildman–Crippen LogP) is 3.33. The number of fused-ring (bicyclic) bond motifs is 1. The topological polar surface area (TPSA) is 77.2 Å². The number of aromatic nitrogens is 1. The molecular formula is C22H27FN4O2. The number of aryl methyl sites for hydroxylation is 1. The molecule has 3 N–H and O–H groups in total. The molecule has 0 spiro atoms. The number of anilines is 1. The van der Waals surface area contributed by atoms with E-state index in [1.165, 1.54) is 29.2 Å². The Morgan fingerprint density at radius 3 is 2.72 bits per heavy atom. The van der Waals surface area contributed by atoms with Crippen LogP contribution in [0.1, 0.15) is 52.2 Å². The molecule has 1 aliphatic rings. The van der Waals surface area contributed by atoms with Crippen LogP contribution in [0, 0.1) is 19.7 Å². The molecule has 3 rings (SSSR count). The van der Waals surface area contributed by atoms with Crippen LogP contribution in [0.3, 0.4) is 0 Å². The van der Waals surface area contributed by atoms with E-state index in [0.29, 0.717) is 28.2 Å². The third-order valence-corrected chi connectivity index (χ3v) is 4.91. The maximum absolute atomic E-state index is 13.7. The van der Waals surface area contributed by atoms with Gasteiger partial charge in [-0.15, -0.1) is 0 Å². The van der Waals surface area contributed by atoms with Crippen LogP contribution in [0.25, 0.3) is 11.6 Å². The first-order chi connectivity index (χ1) is 15.3. The minimum atomic E-state index is -2.67. The van der Waals surface area contributed by atoms with E-state index < -0.39 is 30.6 Å². The largest absolute Gasteiger partial charge is 0.358 e. The highest BCUT2D eigenvalue weighted by atomic mass is 19.1. The Bertz CT molecular complexity index is 1140. The lowest BCUT2D eigenvalue weighted by atomic mass is 10.0. The molecule has 0 aliphatic carbocycles. The molecule has 6 nitrogen and oxygen atoms in total. The summed E-state index contributed by atoms with van der Waals surface area (Å²) in [5, 5.41) is 4.86. The van der Waals surface area contributed by atoms with E-state index >= 15 is 0 Å². The van der Waals surface area contributed by atoms with Gasteiger partial charge in [0.05, 0.1) is 13.9 Å². The molecule has 0 bridgehead atoms. The summed E-state index contributed by atoms with van der Waals surface area (Å²) in [5.74, 6) is -1.67. The molecular weight excluding hydrogens is 371 g/mol. The molecule has 2 aromatic rings. The fourth-order valence-corrected chi connectivity index (χ4v) is 3.32. The van der Waals surface area contributed by atoms with Crippen molar-refractivity contribution in [2.45, 2.75) is 27.7 Å². The molecule has 0 fully saturated rings. The van der Waals surface area contributed by atoms with Gasteiger partial charge >= 0.3 is 0 Å². The summed E-state index contributed by atoms with van der Waals surface area (Å²) in [5.41, 5.74) is 2.59. The second-order valence-corrected chi connectivity index (χ2v) is 6.73. The van der Waals surface area contributed by atoms with Gasteiger partial charge in [0.25, 0.3) is 11.8 Å². The highest BCUT2D eigenvalue weighted by Gasteiger charge is 2.26. The van der Waals surface area contributed by atoms with Crippen molar-refractivity contribution in [2.24, 2.45) is 0 Å². The summed E-state index contributed by atoms with van der Waals surface area (Å²) in [6, 6.07) is 3.97. The zero-order chi connectivity index (χ0) is 24.7. The molecule has 154 valence electrons. The fourth-order valence-electron chi connectivity index (χ4n) is 3.32. The fraction of sp³-hybridized carbons (Fsp3) is 0.364. The Balaban J connectivity index is 1.95. The van der Waals surface area contributed by atoms with Crippen molar-refractivity contribution >= 4 is 29.2 Å². The number of H-pyrrole nitrogens is 1. The zero-order valence-corrected chi connectivity index (χ0v) is 16.9. The maximum Gasteiger partial charge on any atom is 0.256 e. The Morgan fingerprint density at radius 1 is 1.31 bits per heavy atom. The maximum atomic E-state index is 13.7. The van der Waals surface area contributed by atoms with Gasteiger partial charge in [0.2, 0.25) is 0 Å². The van der Waals surface area contributed by atoms with Crippen LogP contribution in [-0.2, 0) is 4.79 Å². The number of rotatable bonds is 7. The summed E-state index contributed by atoms with van der Waals surface area (Å²) in [4.78, 5) is 29.7. The van der Waals surface area contributed by atoms with Crippen LogP contribution in [0.15, 0.2) is 18.2 Å². The number of benzene rings is 1. The van der Waals surface area contributed by atoms with E-state index in [2.05, 4.69) is 15.6 Å². The molecule has 1 aromatic carbocycles.